The van der Waals surface area contributed by atoms with E-state index in [0.717, 1.165) is 0 Å². The SMILES string of the molecule is Cn1c(N)c(C(N)=O)ccc1=O. The standard InChI is InChI=1S/C7H9N3O2/c1-10-5(11)3-2-4(6(10)8)7(9)12/h2-3H,8H2,1H3,(H2,9,12). The Balaban J connectivity index is 3.47. The van der Waals surface area contributed by atoms with Crippen molar-refractivity contribution in [2.75, 3.05) is 5.73 Å². The summed E-state index contributed by atoms with van der Waals surface area (Å²) >= 11 is 0. The molecule has 1 heterocycles. The van der Waals surface area contributed by atoms with Gasteiger partial charge in [0.25, 0.3) is 11.5 Å². The van der Waals surface area contributed by atoms with Crippen LogP contribution in [0.3, 0.4) is 0 Å². The van der Waals surface area contributed by atoms with Crippen LogP contribution in [-0.4, -0.2) is 10.5 Å². The Hall–Kier alpha value is -1.78. The van der Waals surface area contributed by atoms with Gasteiger partial charge in [0.15, 0.2) is 0 Å². The highest BCUT2D eigenvalue weighted by molar-refractivity contribution is 5.97. The number of aromatic nitrogens is 1. The van der Waals surface area contributed by atoms with E-state index in [0.29, 0.717) is 0 Å². The number of carbonyl (C=O) groups is 1. The third kappa shape index (κ3) is 1.16. The molecule has 0 fully saturated rings. The molecule has 4 N–H and O–H groups in total. The van der Waals surface area contributed by atoms with E-state index in [1.54, 1.807) is 0 Å². The highest BCUT2D eigenvalue weighted by atomic mass is 16.1. The number of hydrogen-bond donors (Lipinski definition) is 2. The molecular weight excluding hydrogens is 158 g/mol. The van der Waals surface area contributed by atoms with E-state index < -0.39 is 5.91 Å². The van der Waals surface area contributed by atoms with E-state index in [4.69, 9.17) is 11.5 Å². The summed E-state index contributed by atoms with van der Waals surface area (Å²) < 4.78 is 1.17. The highest BCUT2D eigenvalue weighted by Crippen LogP contribution is 2.05. The lowest BCUT2D eigenvalue weighted by Gasteiger charge is -2.05. The van der Waals surface area contributed by atoms with Gasteiger partial charge in [-0.3, -0.25) is 14.2 Å². The number of nitrogen functional groups attached to an aromatic ring is 1. The topological polar surface area (TPSA) is 91.1 Å². The van der Waals surface area contributed by atoms with Gasteiger partial charge in [-0.15, -0.1) is 0 Å². The molecule has 0 saturated carbocycles. The molecule has 0 unspecified atom stereocenters. The van der Waals surface area contributed by atoms with Gasteiger partial charge in [0.2, 0.25) is 0 Å². The Morgan fingerprint density at radius 3 is 2.58 bits per heavy atom. The normalized spacial score (nSPS) is 9.75. The monoisotopic (exact) mass is 167 g/mol. The second-order valence-corrected chi connectivity index (χ2v) is 2.39. The first-order valence-corrected chi connectivity index (χ1v) is 3.29. The van der Waals surface area contributed by atoms with Crippen molar-refractivity contribution < 1.29 is 4.79 Å². The van der Waals surface area contributed by atoms with Crippen molar-refractivity contribution in [2.45, 2.75) is 0 Å². The van der Waals surface area contributed by atoms with Gasteiger partial charge < -0.3 is 11.5 Å². The van der Waals surface area contributed by atoms with Gasteiger partial charge in [-0.05, 0) is 6.07 Å². The Bertz CT molecular complexity index is 381. The van der Waals surface area contributed by atoms with Crippen molar-refractivity contribution in [1.82, 2.24) is 4.57 Å². The number of primary amides is 1. The Morgan fingerprint density at radius 1 is 1.50 bits per heavy atom. The Morgan fingerprint density at radius 2 is 2.08 bits per heavy atom. The smallest absolute Gasteiger partial charge is 0.252 e. The number of amides is 1. The fourth-order valence-corrected chi connectivity index (χ4v) is 0.860. The molecule has 1 amide bonds. The minimum atomic E-state index is -0.636. The largest absolute Gasteiger partial charge is 0.384 e. The predicted octanol–water partition coefficient (Wildman–Crippen LogP) is -0.934. The Labute approximate surface area is 68.6 Å². The molecule has 5 heteroatoms. The van der Waals surface area contributed by atoms with Crippen molar-refractivity contribution in [3.05, 3.63) is 28.0 Å². The molecule has 0 aliphatic carbocycles. The molecule has 5 nitrogen and oxygen atoms in total. The zero-order chi connectivity index (χ0) is 9.30. The summed E-state index contributed by atoms with van der Waals surface area (Å²) in [6.07, 6.45) is 0. The van der Waals surface area contributed by atoms with Crippen LogP contribution in [0.2, 0.25) is 0 Å². The van der Waals surface area contributed by atoms with Gasteiger partial charge in [0, 0.05) is 13.1 Å². The molecule has 0 saturated heterocycles. The molecular formula is C7H9N3O2. The van der Waals surface area contributed by atoms with Crippen LogP contribution in [0.4, 0.5) is 5.82 Å². The van der Waals surface area contributed by atoms with Crippen LogP contribution in [0, 0.1) is 0 Å². The van der Waals surface area contributed by atoms with Gasteiger partial charge in [0.1, 0.15) is 5.82 Å². The quantitative estimate of drug-likeness (QED) is 0.565. The molecule has 1 aromatic rings. The summed E-state index contributed by atoms with van der Waals surface area (Å²) in [5.74, 6) is -0.543. The van der Waals surface area contributed by atoms with E-state index in [-0.39, 0.29) is 16.9 Å². The van der Waals surface area contributed by atoms with Crippen LogP contribution < -0.4 is 17.0 Å². The van der Waals surface area contributed by atoms with Crippen molar-refractivity contribution in [2.24, 2.45) is 12.8 Å². The first kappa shape index (κ1) is 8.32. The molecule has 0 radical (unpaired) electrons. The van der Waals surface area contributed by atoms with Gasteiger partial charge in [0.05, 0.1) is 5.56 Å². The average molecular weight is 167 g/mol. The molecule has 0 aromatic carbocycles. The van der Waals surface area contributed by atoms with E-state index >= 15 is 0 Å². The molecule has 0 bridgehead atoms. The highest BCUT2D eigenvalue weighted by Gasteiger charge is 2.07. The summed E-state index contributed by atoms with van der Waals surface area (Å²) in [6.45, 7) is 0. The zero-order valence-electron chi connectivity index (χ0n) is 6.57. The fourth-order valence-electron chi connectivity index (χ4n) is 0.860. The molecule has 1 rings (SSSR count). The minimum absolute atomic E-state index is 0.0926. The van der Waals surface area contributed by atoms with Crippen LogP contribution in [-0.2, 0) is 7.05 Å². The van der Waals surface area contributed by atoms with Crippen molar-refractivity contribution in [1.29, 1.82) is 0 Å². The number of rotatable bonds is 1. The number of hydrogen-bond acceptors (Lipinski definition) is 3. The molecule has 0 spiro atoms. The summed E-state index contributed by atoms with van der Waals surface area (Å²) in [6, 6.07) is 2.57. The molecule has 0 aliphatic heterocycles. The maximum Gasteiger partial charge on any atom is 0.252 e. The molecule has 64 valence electrons. The average Bonchev–Trinajstić information content (AvgIpc) is 2.00. The first-order valence-electron chi connectivity index (χ1n) is 3.29. The van der Waals surface area contributed by atoms with Crippen LogP contribution in [0.25, 0.3) is 0 Å². The number of carbonyl (C=O) groups excluding carboxylic acids is 1. The van der Waals surface area contributed by atoms with Crippen molar-refractivity contribution in [3.8, 4) is 0 Å². The second-order valence-electron chi connectivity index (χ2n) is 2.39. The van der Waals surface area contributed by atoms with E-state index in [9.17, 15) is 9.59 Å². The molecule has 12 heavy (non-hydrogen) atoms. The summed E-state index contributed by atoms with van der Waals surface area (Å²) in [7, 11) is 1.48. The van der Waals surface area contributed by atoms with Crippen LogP contribution in [0.1, 0.15) is 10.4 Å². The lowest BCUT2D eigenvalue weighted by molar-refractivity contribution is 0.100. The number of pyridine rings is 1. The summed E-state index contributed by atoms with van der Waals surface area (Å²) in [4.78, 5) is 21.7. The van der Waals surface area contributed by atoms with Gasteiger partial charge in [-0.1, -0.05) is 0 Å². The number of nitrogens with two attached hydrogens (primary N) is 2. The Kier molecular flexibility index (Phi) is 1.86. The van der Waals surface area contributed by atoms with Gasteiger partial charge in [-0.25, -0.2) is 0 Å². The summed E-state index contributed by atoms with van der Waals surface area (Å²) in [5.41, 5.74) is 10.3. The third-order valence-corrected chi connectivity index (χ3v) is 1.63. The molecule has 0 atom stereocenters. The fraction of sp³-hybridized carbons (Fsp3) is 0.143. The van der Waals surface area contributed by atoms with Crippen LogP contribution in [0.5, 0.6) is 0 Å². The van der Waals surface area contributed by atoms with Crippen LogP contribution in [0.15, 0.2) is 16.9 Å². The molecule has 1 aromatic heterocycles. The van der Waals surface area contributed by atoms with Gasteiger partial charge >= 0.3 is 0 Å². The van der Waals surface area contributed by atoms with Crippen molar-refractivity contribution in [3.63, 3.8) is 0 Å². The predicted molar refractivity (Wildman–Crippen MR) is 44.6 cm³/mol. The number of nitrogens with zero attached hydrogens (tertiary/aromatic N) is 1. The molecule has 0 aliphatic rings. The zero-order valence-corrected chi connectivity index (χ0v) is 6.57. The van der Waals surface area contributed by atoms with E-state index in [2.05, 4.69) is 0 Å². The van der Waals surface area contributed by atoms with E-state index in [1.807, 2.05) is 0 Å². The second kappa shape index (κ2) is 2.69. The van der Waals surface area contributed by atoms with E-state index in [1.165, 1.54) is 23.7 Å². The summed E-state index contributed by atoms with van der Waals surface area (Å²) in [5, 5.41) is 0. The maximum absolute atomic E-state index is 10.9. The van der Waals surface area contributed by atoms with Crippen molar-refractivity contribution >= 4 is 11.7 Å². The first-order chi connectivity index (χ1) is 5.54. The lowest BCUT2D eigenvalue weighted by Crippen LogP contribution is -2.24. The van der Waals surface area contributed by atoms with Gasteiger partial charge in [-0.2, -0.15) is 0 Å². The van der Waals surface area contributed by atoms with Crippen LogP contribution >= 0.6 is 0 Å². The third-order valence-electron chi connectivity index (χ3n) is 1.63. The maximum atomic E-state index is 10.9. The number of anilines is 1. The minimum Gasteiger partial charge on any atom is -0.384 e. The lowest BCUT2D eigenvalue weighted by atomic mass is 10.2.